The highest BCUT2D eigenvalue weighted by Gasteiger charge is 2.35. The first-order valence-corrected chi connectivity index (χ1v) is 7.26. The normalized spacial score (nSPS) is 14.4. The molecule has 0 unspecified atom stereocenters. The number of thiazole rings is 1. The average Bonchev–Trinajstić information content (AvgIpc) is 2.99. The van der Waals surface area contributed by atoms with E-state index < -0.39 is 0 Å². The van der Waals surface area contributed by atoms with Gasteiger partial charge in [0.25, 0.3) is 5.91 Å². The van der Waals surface area contributed by atoms with Crippen LogP contribution in [0.3, 0.4) is 0 Å². The van der Waals surface area contributed by atoms with Crippen LogP contribution in [-0.4, -0.2) is 51.9 Å². The Morgan fingerprint density at radius 1 is 1.43 bits per heavy atom. The molecule has 0 radical (unpaired) electrons. The zero-order valence-corrected chi connectivity index (χ0v) is 12.1. The summed E-state index contributed by atoms with van der Waals surface area (Å²) < 4.78 is 0. The quantitative estimate of drug-likeness (QED) is 0.832. The van der Waals surface area contributed by atoms with Crippen LogP contribution in [0.15, 0.2) is 23.3 Å². The van der Waals surface area contributed by atoms with Crippen molar-refractivity contribution in [1.29, 1.82) is 5.26 Å². The van der Waals surface area contributed by atoms with Crippen molar-refractivity contribution in [3.05, 3.63) is 34.7 Å². The SMILES string of the molecule is CN(C(=O)c1cscn1)C1CN(c2nccnc2C#N)C1. The number of hydrogen-bond donors (Lipinski definition) is 0. The Kier molecular flexibility index (Phi) is 3.50. The fourth-order valence-electron chi connectivity index (χ4n) is 2.18. The monoisotopic (exact) mass is 300 g/mol. The van der Waals surface area contributed by atoms with Gasteiger partial charge in [0.15, 0.2) is 11.5 Å². The summed E-state index contributed by atoms with van der Waals surface area (Å²) in [4.78, 5) is 28.0. The van der Waals surface area contributed by atoms with E-state index in [1.807, 2.05) is 11.0 Å². The Morgan fingerprint density at radius 3 is 2.86 bits per heavy atom. The van der Waals surface area contributed by atoms with Gasteiger partial charge in [-0.1, -0.05) is 0 Å². The molecule has 0 aliphatic carbocycles. The van der Waals surface area contributed by atoms with Gasteiger partial charge >= 0.3 is 0 Å². The predicted octanol–water partition coefficient (Wildman–Crippen LogP) is 0.766. The number of nitriles is 1. The molecule has 1 fully saturated rings. The number of rotatable bonds is 3. The van der Waals surface area contributed by atoms with Crippen molar-refractivity contribution in [2.24, 2.45) is 0 Å². The van der Waals surface area contributed by atoms with Gasteiger partial charge in [-0.15, -0.1) is 11.3 Å². The van der Waals surface area contributed by atoms with Gasteiger partial charge in [0.2, 0.25) is 0 Å². The maximum Gasteiger partial charge on any atom is 0.273 e. The number of aromatic nitrogens is 3. The van der Waals surface area contributed by atoms with Crippen molar-refractivity contribution in [2.75, 3.05) is 25.0 Å². The van der Waals surface area contributed by atoms with E-state index >= 15 is 0 Å². The molecule has 1 saturated heterocycles. The molecular formula is C13H12N6OS. The van der Waals surface area contributed by atoms with Crippen molar-refractivity contribution < 1.29 is 4.79 Å². The summed E-state index contributed by atoms with van der Waals surface area (Å²) >= 11 is 1.40. The highest BCUT2D eigenvalue weighted by Crippen LogP contribution is 2.23. The van der Waals surface area contributed by atoms with Crippen LogP contribution in [-0.2, 0) is 0 Å². The van der Waals surface area contributed by atoms with Crippen LogP contribution in [0.2, 0.25) is 0 Å². The van der Waals surface area contributed by atoms with Crippen LogP contribution in [0.25, 0.3) is 0 Å². The van der Waals surface area contributed by atoms with Gasteiger partial charge in [0, 0.05) is 37.9 Å². The maximum absolute atomic E-state index is 12.2. The molecule has 1 aliphatic rings. The molecule has 0 saturated carbocycles. The highest BCUT2D eigenvalue weighted by atomic mass is 32.1. The lowest BCUT2D eigenvalue weighted by Crippen LogP contribution is -2.60. The summed E-state index contributed by atoms with van der Waals surface area (Å²) in [5, 5.41) is 10.8. The largest absolute Gasteiger partial charge is 0.350 e. The molecule has 1 amide bonds. The summed E-state index contributed by atoms with van der Waals surface area (Å²) in [7, 11) is 1.77. The molecule has 0 atom stereocenters. The molecule has 0 aromatic carbocycles. The minimum absolute atomic E-state index is 0.0828. The number of nitrogens with zero attached hydrogens (tertiary/aromatic N) is 6. The first kappa shape index (κ1) is 13.5. The second-order valence-electron chi connectivity index (χ2n) is 4.69. The molecule has 0 N–H and O–H groups in total. The lowest BCUT2D eigenvalue weighted by Gasteiger charge is -2.44. The molecule has 0 bridgehead atoms. The summed E-state index contributed by atoms with van der Waals surface area (Å²) in [6.45, 7) is 1.28. The van der Waals surface area contributed by atoms with Gasteiger partial charge in [-0.05, 0) is 0 Å². The van der Waals surface area contributed by atoms with E-state index in [1.165, 1.54) is 17.5 Å². The average molecular weight is 300 g/mol. The Morgan fingerprint density at radius 2 is 2.19 bits per heavy atom. The van der Waals surface area contributed by atoms with Gasteiger partial charge in [-0.25, -0.2) is 15.0 Å². The molecule has 3 heterocycles. The Bertz CT molecular complexity index is 689. The number of amides is 1. The van der Waals surface area contributed by atoms with E-state index in [2.05, 4.69) is 15.0 Å². The second kappa shape index (κ2) is 5.46. The smallest absolute Gasteiger partial charge is 0.273 e. The molecule has 7 nitrogen and oxygen atoms in total. The molecule has 3 rings (SSSR count). The van der Waals surface area contributed by atoms with E-state index in [9.17, 15) is 4.79 Å². The molecule has 2 aromatic rings. The highest BCUT2D eigenvalue weighted by molar-refractivity contribution is 7.07. The fourth-order valence-corrected chi connectivity index (χ4v) is 2.70. The molecule has 1 aliphatic heterocycles. The number of hydrogen-bond acceptors (Lipinski definition) is 7. The van der Waals surface area contributed by atoms with Gasteiger partial charge in [0.05, 0.1) is 11.6 Å². The Balaban J connectivity index is 1.66. The predicted molar refractivity (Wildman–Crippen MR) is 77.0 cm³/mol. The Hall–Kier alpha value is -2.53. The first-order chi connectivity index (χ1) is 10.2. The third-order valence-electron chi connectivity index (χ3n) is 3.47. The maximum atomic E-state index is 12.2. The lowest BCUT2D eigenvalue weighted by atomic mass is 10.1. The summed E-state index contributed by atoms with van der Waals surface area (Å²) in [6, 6.07) is 2.12. The van der Waals surface area contributed by atoms with Gasteiger partial charge < -0.3 is 9.80 Å². The molecule has 0 spiro atoms. The van der Waals surface area contributed by atoms with Crippen molar-refractivity contribution in [3.8, 4) is 6.07 Å². The summed E-state index contributed by atoms with van der Waals surface area (Å²) in [6.07, 6.45) is 3.06. The number of carbonyl (C=O) groups is 1. The second-order valence-corrected chi connectivity index (χ2v) is 5.41. The minimum atomic E-state index is -0.0828. The van der Waals surface area contributed by atoms with E-state index in [-0.39, 0.29) is 11.9 Å². The zero-order chi connectivity index (χ0) is 14.8. The molecular weight excluding hydrogens is 288 g/mol. The molecule has 2 aromatic heterocycles. The van der Waals surface area contributed by atoms with Crippen LogP contribution >= 0.6 is 11.3 Å². The van der Waals surface area contributed by atoms with Crippen molar-refractivity contribution in [3.63, 3.8) is 0 Å². The minimum Gasteiger partial charge on any atom is -0.350 e. The Labute approximate surface area is 125 Å². The van der Waals surface area contributed by atoms with E-state index in [1.54, 1.807) is 29.0 Å². The van der Waals surface area contributed by atoms with Crippen LogP contribution in [0.5, 0.6) is 0 Å². The number of likely N-dealkylation sites (N-methyl/N-ethyl adjacent to an activating group) is 1. The third kappa shape index (κ3) is 2.43. The third-order valence-corrected chi connectivity index (χ3v) is 4.05. The summed E-state index contributed by atoms with van der Waals surface area (Å²) in [5.41, 5.74) is 2.43. The molecule has 21 heavy (non-hydrogen) atoms. The standard InChI is InChI=1S/C13H12N6OS/c1-18(13(20)11-7-21-8-17-11)9-5-19(6-9)12-10(4-14)15-2-3-16-12/h2-3,7-9H,5-6H2,1H3. The number of carbonyl (C=O) groups excluding carboxylic acids is 1. The van der Waals surface area contributed by atoms with Crippen LogP contribution < -0.4 is 4.90 Å². The van der Waals surface area contributed by atoms with Gasteiger partial charge in [-0.2, -0.15) is 5.26 Å². The van der Waals surface area contributed by atoms with E-state index in [0.29, 0.717) is 30.3 Å². The summed E-state index contributed by atoms with van der Waals surface area (Å²) in [5.74, 6) is 0.492. The number of anilines is 1. The topological polar surface area (TPSA) is 86.0 Å². The van der Waals surface area contributed by atoms with Crippen molar-refractivity contribution in [2.45, 2.75) is 6.04 Å². The van der Waals surface area contributed by atoms with Crippen molar-refractivity contribution in [1.82, 2.24) is 19.9 Å². The van der Waals surface area contributed by atoms with Crippen LogP contribution in [0.1, 0.15) is 16.2 Å². The van der Waals surface area contributed by atoms with Crippen LogP contribution in [0.4, 0.5) is 5.82 Å². The fraction of sp³-hybridized carbons (Fsp3) is 0.308. The van der Waals surface area contributed by atoms with Gasteiger partial charge in [-0.3, -0.25) is 4.79 Å². The van der Waals surface area contributed by atoms with Gasteiger partial charge in [0.1, 0.15) is 11.8 Å². The lowest BCUT2D eigenvalue weighted by molar-refractivity contribution is 0.0700. The van der Waals surface area contributed by atoms with E-state index in [0.717, 1.165) is 0 Å². The molecule has 106 valence electrons. The van der Waals surface area contributed by atoms with Crippen molar-refractivity contribution >= 4 is 23.1 Å². The van der Waals surface area contributed by atoms with E-state index in [4.69, 9.17) is 5.26 Å². The van der Waals surface area contributed by atoms with Crippen LogP contribution in [0, 0.1) is 11.3 Å². The molecule has 8 heteroatoms. The first-order valence-electron chi connectivity index (χ1n) is 6.32. The zero-order valence-electron chi connectivity index (χ0n) is 11.3.